The lowest BCUT2D eigenvalue weighted by molar-refractivity contribution is -0.137. The number of benzene rings is 2. The van der Waals surface area contributed by atoms with Gasteiger partial charge in [-0.2, -0.15) is 13.2 Å². The van der Waals surface area contributed by atoms with E-state index in [4.69, 9.17) is 0 Å². The van der Waals surface area contributed by atoms with Crippen molar-refractivity contribution < 1.29 is 18.0 Å². The molecule has 2 amide bonds. The summed E-state index contributed by atoms with van der Waals surface area (Å²) in [5.74, 6) is 0. The summed E-state index contributed by atoms with van der Waals surface area (Å²) in [5.41, 5.74) is 2.08. The highest BCUT2D eigenvalue weighted by molar-refractivity contribution is 6.00. The Labute approximate surface area is 160 Å². The molecule has 3 aromatic rings. The largest absolute Gasteiger partial charge is 0.416 e. The van der Waals surface area contributed by atoms with Crippen molar-refractivity contribution >= 4 is 17.4 Å². The van der Waals surface area contributed by atoms with Crippen LogP contribution in [0.2, 0.25) is 0 Å². The molecule has 2 N–H and O–H groups in total. The van der Waals surface area contributed by atoms with E-state index >= 15 is 0 Å². The molecule has 7 heteroatoms. The Morgan fingerprint density at radius 1 is 0.821 bits per heavy atom. The minimum atomic E-state index is -4.54. The molecule has 28 heavy (non-hydrogen) atoms. The van der Waals surface area contributed by atoms with Gasteiger partial charge in [-0.05, 0) is 67.4 Å². The fraction of sp³-hybridized carbons (Fsp3) is 0.143. The van der Waals surface area contributed by atoms with Gasteiger partial charge in [-0.25, -0.2) is 4.79 Å². The number of carbonyl (C=O) groups excluding carboxylic acids is 1. The monoisotopic (exact) mass is 385 g/mol. The fourth-order valence-electron chi connectivity index (χ4n) is 2.85. The molecule has 0 aliphatic carbocycles. The van der Waals surface area contributed by atoms with Crippen LogP contribution >= 0.6 is 0 Å². The number of amides is 2. The smallest absolute Gasteiger partial charge is 0.308 e. The van der Waals surface area contributed by atoms with Crippen LogP contribution < -0.4 is 10.6 Å². The third kappa shape index (κ3) is 4.88. The molecule has 0 aliphatic heterocycles. The van der Waals surface area contributed by atoms with E-state index in [1.165, 1.54) is 6.07 Å². The number of alkyl halides is 3. The summed E-state index contributed by atoms with van der Waals surface area (Å²) in [7, 11) is 0. The van der Waals surface area contributed by atoms with Gasteiger partial charge in [-0.1, -0.05) is 18.2 Å². The van der Waals surface area contributed by atoms with Crippen molar-refractivity contribution in [1.29, 1.82) is 0 Å². The molecular weight excluding hydrogens is 367 g/mol. The molecule has 0 spiro atoms. The first-order chi connectivity index (χ1) is 13.2. The van der Waals surface area contributed by atoms with Crippen LogP contribution in [0.4, 0.5) is 29.3 Å². The van der Waals surface area contributed by atoms with Crippen LogP contribution in [-0.2, 0) is 6.18 Å². The number of carbonyl (C=O) groups is 1. The standard InChI is InChI=1S/C21H18F3N3O/c1-13-8-15(9-14(2)25-13)16-10-17(21(22,23)24)12-19(11-16)27-20(28)26-18-6-4-3-5-7-18/h3-12H,1-2H3,(H2,26,27,28). The Kier molecular flexibility index (Phi) is 5.35. The fourth-order valence-corrected chi connectivity index (χ4v) is 2.85. The molecule has 144 valence electrons. The lowest BCUT2D eigenvalue weighted by atomic mass is 10.0. The van der Waals surface area contributed by atoms with Gasteiger partial charge in [0.05, 0.1) is 5.56 Å². The maximum absolute atomic E-state index is 13.4. The molecule has 4 nitrogen and oxygen atoms in total. The lowest BCUT2D eigenvalue weighted by Gasteiger charge is -2.14. The van der Waals surface area contributed by atoms with Crippen LogP contribution in [0, 0.1) is 13.8 Å². The number of para-hydroxylation sites is 1. The molecule has 0 atom stereocenters. The number of nitrogens with one attached hydrogen (secondary N) is 2. The van der Waals surface area contributed by atoms with Gasteiger partial charge in [0.2, 0.25) is 0 Å². The minimum Gasteiger partial charge on any atom is -0.308 e. The Bertz CT molecular complexity index is 981. The van der Waals surface area contributed by atoms with E-state index in [2.05, 4.69) is 15.6 Å². The van der Waals surface area contributed by atoms with Gasteiger partial charge in [-0.15, -0.1) is 0 Å². The first kappa shape index (κ1) is 19.4. The van der Waals surface area contributed by atoms with Crippen molar-refractivity contribution in [2.24, 2.45) is 0 Å². The highest BCUT2D eigenvalue weighted by Crippen LogP contribution is 2.35. The number of rotatable bonds is 3. The summed E-state index contributed by atoms with van der Waals surface area (Å²) >= 11 is 0. The number of aromatic nitrogens is 1. The molecule has 0 aliphatic rings. The molecule has 0 bridgehead atoms. The number of hydrogen-bond donors (Lipinski definition) is 2. The molecule has 3 rings (SSSR count). The molecule has 2 aromatic carbocycles. The Morgan fingerprint density at radius 3 is 2.00 bits per heavy atom. The average molecular weight is 385 g/mol. The van der Waals surface area contributed by atoms with E-state index in [1.807, 2.05) is 0 Å². The third-order valence-corrected chi connectivity index (χ3v) is 3.96. The predicted octanol–water partition coefficient (Wildman–Crippen LogP) is 6.03. The maximum Gasteiger partial charge on any atom is 0.416 e. The average Bonchev–Trinajstić information content (AvgIpc) is 2.60. The molecule has 0 saturated carbocycles. The van der Waals surface area contributed by atoms with Gasteiger partial charge in [0.25, 0.3) is 0 Å². The zero-order chi connectivity index (χ0) is 20.3. The lowest BCUT2D eigenvalue weighted by Crippen LogP contribution is -2.20. The Morgan fingerprint density at radius 2 is 1.39 bits per heavy atom. The van der Waals surface area contributed by atoms with Crippen LogP contribution in [-0.4, -0.2) is 11.0 Å². The molecule has 1 heterocycles. The summed E-state index contributed by atoms with van der Waals surface area (Å²) in [5, 5.41) is 5.06. The van der Waals surface area contributed by atoms with E-state index < -0.39 is 17.8 Å². The number of pyridine rings is 1. The summed E-state index contributed by atoms with van der Waals surface area (Å²) in [4.78, 5) is 16.4. The molecule has 0 saturated heterocycles. The first-order valence-electron chi connectivity index (χ1n) is 8.52. The summed E-state index contributed by atoms with van der Waals surface area (Å²) < 4.78 is 40.1. The van der Waals surface area contributed by atoms with E-state index in [1.54, 1.807) is 56.3 Å². The number of nitrogens with zero attached hydrogens (tertiary/aromatic N) is 1. The van der Waals surface area contributed by atoms with Crippen LogP contribution in [0.25, 0.3) is 11.1 Å². The van der Waals surface area contributed by atoms with Gasteiger partial charge in [0.1, 0.15) is 0 Å². The third-order valence-electron chi connectivity index (χ3n) is 3.96. The van der Waals surface area contributed by atoms with Crippen molar-refractivity contribution in [1.82, 2.24) is 4.98 Å². The van der Waals surface area contributed by atoms with Crippen molar-refractivity contribution in [2.75, 3.05) is 10.6 Å². The Hall–Kier alpha value is -3.35. The summed E-state index contributed by atoms with van der Waals surface area (Å²) in [6.07, 6.45) is -4.54. The zero-order valence-corrected chi connectivity index (χ0v) is 15.3. The summed E-state index contributed by atoms with van der Waals surface area (Å²) in [6.45, 7) is 3.55. The molecule has 0 fully saturated rings. The number of halogens is 3. The second-order valence-corrected chi connectivity index (χ2v) is 6.38. The van der Waals surface area contributed by atoms with E-state index in [0.717, 1.165) is 12.1 Å². The minimum absolute atomic E-state index is 0.0466. The molecular formula is C21H18F3N3O. The van der Waals surface area contributed by atoms with Crippen LogP contribution in [0.15, 0.2) is 60.7 Å². The van der Waals surface area contributed by atoms with Gasteiger partial charge >= 0.3 is 12.2 Å². The first-order valence-corrected chi connectivity index (χ1v) is 8.52. The second kappa shape index (κ2) is 7.72. The Balaban J connectivity index is 1.95. The quantitative estimate of drug-likeness (QED) is 0.578. The van der Waals surface area contributed by atoms with Gasteiger partial charge in [-0.3, -0.25) is 4.98 Å². The van der Waals surface area contributed by atoms with Crippen LogP contribution in [0.5, 0.6) is 0 Å². The number of urea groups is 1. The number of aryl methyl sites for hydroxylation is 2. The van der Waals surface area contributed by atoms with E-state index in [-0.39, 0.29) is 5.69 Å². The molecule has 0 unspecified atom stereocenters. The van der Waals surface area contributed by atoms with E-state index in [9.17, 15) is 18.0 Å². The second-order valence-electron chi connectivity index (χ2n) is 6.38. The van der Waals surface area contributed by atoms with Gasteiger partial charge in [0, 0.05) is 22.8 Å². The van der Waals surface area contributed by atoms with Crippen molar-refractivity contribution in [2.45, 2.75) is 20.0 Å². The summed E-state index contributed by atoms with van der Waals surface area (Å²) in [6, 6.07) is 14.9. The number of anilines is 2. The van der Waals surface area contributed by atoms with Crippen LogP contribution in [0.3, 0.4) is 0 Å². The topological polar surface area (TPSA) is 54.0 Å². The highest BCUT2D eigenvalue weighted by atomic mass is 19.4. The van der Waals surface area contributed by atoms with Gasteiger partial charge in [0.15, 0.2) is 0 Å². The van der Waals surface area contributed by atoms with Crippen molar-refractivity contribution in [3.8, 4) is 11.1 Å². The van der Waals surface area contributed by atoms with Gasteiger partial charge < -0.3 is 10.6 Å². The van der Waals surface area contributed by atoms with Crippen molar-refractivity contribution in [3.05, 3.63) is 77.6 Å². The molecule has 0 radical (unpaired) electrons. The molecule has 1 aromatic heterocycles. The predicted molar refractivity (Wildman–Crippen MR) is 103 cm³/mol. The number of hydrogen-bond acceptors (Lipinski definition) is 2. The SMILES string of the molecule is Cc1cc(-c2cc(NC(=O)Nc3ccccc3)cc(C(F)(F)F)c2)cc(C)n1. The normalized spacial score (nSPS) is 11.2. The van der Waals surface area contributed by atoms with Crippen LogP contribution in [0.1, 0.15) is 17.0 Å². The van der Waals surface area contributed by atoms with Crippen molar-refractivity contribution in [3.63, 3.8) is 0 Å². The highest BCUT2D eigenvalue weighted by Gasteiger charge is 2.31. The van der Waals surface area contributed by atoms with E-state index in [0.29, 0.717) is 28.2 Å². The zero-order valence-electron chi connectivity index (χ0n) is 15.3. The maximum atomic E-state index is 13.4.